The first-order valence-corrected chi connectivity index (χ1v) is 9.23. The lowest BCUT2D eigenvalue weighted by molar-refractivity contribution is -0.139. The lowest BCUT2D eigenvalue weighted by atomic mass is 10.2. The van der Waals surface area contributed by atoms with Crippen LogP contribution in [-0.4, -0.2) is 27.9 Å². The van der Waals surface area contributed by atoms with E-state index < -0.39 is 5.25 Å². The van der Waals surface area contributed by atoms with Gasteiger partial charge in [-0.15, -0.1) is 0 Å². The molecule has 0 bridgehead atoms. The fraction of sp³-hybridized carbons (Fsp3) is 0.471. The first kappa shape index (κ1) is 17.3. The first-order chi connectivity index (χ1) is 11.5. The average molecular weight is 367 g/mol. The number of methoxy groups -OCH3 is 1. The van der Waals surface area contributed by atoms with Crippen LogP contribution in [0.5, 0.6) is 0 Å². The van der Waals surface area contributed by atoms with E-state index in [4.69, 9.17) is 16.3 Å². The van der Waals surface area contributed by atoms with Crippen LogP contribution in [0.1, 0.15) is 38.6 Å². The van der Waals surface area contributed by atoms with Gasteiger partial charge in [-0.3, -0.25) is 14.2 Å². The molecule has 1 heterocycles. The van der Waals surface area contributed by atoms with Crippen molar-refractivity contribution in [3.05, 3.63) is 33.6 Å². The molecular weight excluding hydrogens is 348 g/mol. The molecule has 1 aliphatic carbocycles. The molecule has 1 atom stereocenters. The normalized spacial score (nSPS) is 16.5. The fourth-order valence-electron chi connectivity index (χ4n) is 3.09. The Bertz CT molecular complexity index is 830. The number of hydrogen-bond donors (Lipinski definition) is 0. The van der Waals surface area contributed by atoms with E-state index in [1.54, 1.807) is 29.7 Å². The molecule has 1 aliphatic rings. The van der Waals surface area contributed by atoms with Crippen molar-refractivity contribution in [2.75, 3.05) is 7.11 Å². The number of nitrogens with zero attached hydrogens (tertiary/aromatic N) is 2. The second-order valence-corrected chi connectivity index (χ2v) is 7.70. The molecular formula is C17H19ClN2O3S. The van der Waals surface area contributed by atoms with Crippen molar-refractivity contribution in [1.29, 1.82) is 0 Å². The topological polar surface area (TPSA) is 61.2 Å². The number of hydrogen-bond acceptors (Lipinski definition) is 5. The minimum atomic E-state index is -0.439. The molecule has 0 amide bonds. The van der Waals surface area contributed by atoms with Gasteiger partial charge >= 0.3 is 5.97 Å². The summed E-state index contributed by atoms with van der Waals surface area (Å²) in [6, 6.07) is 5.24. The number of aromatic nitrogens is 2. The number of carbonyl (C=O) groups is 1. The third-order valence-corrected chi connectivity index (χ3v) is 5.62. The van der Waals surface area contributed by atoms with Crippen molar-refractivity contribution < 1.29 is 9.53 Å². The third-order valence-electron chi connectivity index (χ3n) is 4.34. The predicted octanol–water partition coefficient (Wildman–Crippen LogP) is 3.82. The molecule has 3 rings (SSSR count). The van der Waals surface area contributed by atoms with Crippen molar-refractivity contribution in [2.24, 2.45) is 0 Å². The van der Waals surface area contributed by atoms with Crippen LogP contribution >= 0.6 is 23.4 Å². The van der Waals surface area contributed by atoms with Gasteiger partial charge in [-0.05, 0) is 38.0 Å². The molecule has 2 aromatic rings. The summed E-state index contributed by atoms with van der Waals surface area (Å²) in [6.45, 7) is 1.75. The Kier molecular flexibility index (Phi) is 5.15. The van der Waals surface area contributed by atoms with Gasteiger partial charge in [0.15, 0.2) is 5.16 Å². The lowest BCUT2D eigenvalue weighted by Crippen LogP contribution is -2.27. The molecule has 5 nitrogen and oxygen atoms in total. The van der Waals surface area contributed by atoms with E-state index in [9.17, 15) is 9.59 Å². The molecule has 1 aromatic heterocycles. The maximum Gasteiger partial charge on any atom is 0.318 e. The van der Waals surface area contributed by atoms with Crippen LogP contribution in [0.25, 0.3) is 10.9 Å². The summed E-state index contributed by atoms with van der Waals surface area (Å²) >= 11 is 7.30. The molecule has 1 fully saturated rings. The molecule has 1 unspecified atom stereocenters. The molecule has 1 aromatic carbocycles. The number of benzene rings is 1. The van der Waals surface area contributed by atoms with Crippen LogP contribution < -0.4 is 5.56 Å². The summed E-state index contributed by atoms with van der Waals surface area (Å²) in [7, 11) is 1.36. The van der Waals surface area contributed by atoms with Gasteiger partial charge in [0.25, 0.3) is 5.56 Å². The molecule has 0 radical (unpaired) electrons. The van der Waals surface area contributed by atoms with E-state index in [0.29, 0.717) is 21.1 Å². The number of thioether (sulfide) groups is 1. The summed E-state index contributed by atoms with van der Waals surface area (Å²) in [4.78, 5) is 29.4. The molecule has 0 saturated heterocycles. The minimum Gasteiger partial charge on any atom is -0.468 e. The van der Waals surface area contributed by atoms with Crippen molar-refractivity contribution in [3.63, 3.8) is 0 Å². The monoisotopic (exact) mass is 366 g/mol. The summed E-state index contributed by atoms with van der Waals surface area (Å²) in [5.41, 5.74) is 0.490. The van der Waals surface area contributed by atoms with Crippen LogP contribution in [0.15, 0.2) is 28.2 Å². The highest BCUT2D eigenvalue weighted by atomic mass is 35.5. The molecule has 0 N–H and O–H groups in total. The maximum absolute atomic E-state index is 13.0. The highest BCUT2D eigenvalue weighted by Gasteiger charge is 2.25. The predicted molar refractivity (Wildman–Crippen MR) is 95.9 cm³/mol. The van der Waals surface area contributed by atoms with Crippen molar-refractivity contribution in [1.82, 2.24) is 9.55 Å². The zero-order valence-corrected chi connectivity index (χ0v) is 15.2. The summed E-state index contributed by atoms with van der Waals surface area (Å²) in [5.74, 6) is -0.335. The van der Waals surface area contributed by atoms with Crippen LogP contribution in [0.3, 0.4) is 0 Å². The highest BCUT2D eigenvalue weighted by molar-refractivity contribution is 8.00. The maximum atomic E-state index is 13.0. The Hall–Kier alpha value is -1.53. The molecule has 24 heavy (non-hydrogen) atoms. The van der Waals surface area contributed by atoms with Gasteiger partial charge in [0, 0.05) is 11.1 Å². The fourth-order valence-corrected chi connectivity index (χ4v) is 4.26. The van der Waals surface area contributed by atoms with Gasteiger partial charge in [-0.1, -0.05) is 36.2 Å². The summed E-state index contributed by atoms with van der Waals surface area (Å²) in [6.07, 6.45) is 4.13. The second kappa shape index (κ2) is 7.15. The zero-order chi connectivity index (χ0) is 17.3. The quantitative estimate of drug-likeness (QED) is 0.467. The number of carbonyl (C=O) groups excluding carboxylic acids is 1. The Morgan fingerprint density at radius 2 is 2.12 bits per heavy atom. The molecule has 0 spiro atoms. The zero-order valence-electron chi connectivity index (χ0n) is 13.6. The Labute approximate surface area is 149 Å². The minimum absolute atomic E-state index is 0.0665. The first-order valence-electron chi connectivity index (χ1n) is 7.97. The molecule has 128 valence electrons. The van der Waals surface area contributed by atoms with E-state index >= 15 is 0 Å². The molecule has 7 heteroatoms. The highest BCUT2D eigenvalue weighted by Crippen LogP contribution is 2.33. The number of esters is 1. The molecule has 0 aliphatic heterocycles. The number of fused-ring (bicyclic) bond motifs is 1. The van der Waals surface area contributed by atoms with Gasteiger partial charge in [-0.2, -0.15) is 0 Å². The largest absolute Gasteiger partial charge is 0.468 e. The van der Waals surface area contributed by atoms with Gasteiger partial charge in [0.05, 0.1) is 18.0 Å². The van der Waals surface area contributed by atoms with E-state index in [1.165, 1.54) is 18.9 Å². The second-order valence-electron chi connectivity index (χ2n) is 5.95. The smallest absolute Gasteiger partial charge is 0.318 e. The molecule has 1 saturated carbocycles. The van der Waals surface area contributed by atoms with E-state index in [-0.39, 0.29) is 17.6 Å². The van der Waals surface area contributed by atoms with Crippen molar-refractivity contribution in [2.45, 2.75) is 49.1 Å². The Morgan fingerprint density at radius 3 is 2.79 bits per heavy atom. The van der Waals surface area contributed by atoms with Crippen molar-refractivity contribution in [3.8, 4) is 0 Å². The van der Waals surface area contributed by atoms with E-state index in [1.807, 2.05) is 0 Å². The van der Waals surface area contributed by atoms with Crippen LogP contribution in [-0.2, 0) is 9.53 Å². The standard InChI is InChI=1S/C17H19ClN2O3S/c1-10(16(22)23-2)24-17-19-14-9-11(18)7-8-13(14)15(21)20(17)12-5-3-4-6-12/h7-10,12H,3-6H2,1-2H3. The van der Waals surface area contributed by atoms with Crippen LogP contribution in [0.2, 0.25) is 5.02 Å². The Balaban J connectivity index is 2.14. The van der Waals surface area contributed by atoms with Crippen LogP contribution in [0.4, 0.5) is 0 Å². The average Bonchev–Trinajstić information content (AvgIpc) is 3.07. The van der Waals surface area contributed by atoms with Gasteiger partial charge in [0.2, 0.25) is 0 Å². The van der Waals surface area contributed by atoms with E-state index in [0.717, 1.165) is 25.7 Å². The SMILES string of the molecule is COC(=O)C(C)Sc1nc2cc(Cl)ccc2c(=O)n1C1CCCC1. The van der Waals surface area contributed by atoms with Gasteiger partial charge in [0.1, 0.15) is 5.25 Å². The van der Waals surface area contributed by atoms with Gasteiger partial charge in [-0.25, -0.2) is 4.98 Å². The third kappa shape index (κ3) is 3.30. The number of halogens is 1. The number of rotatable bonds is 4. The lowest BCUT2D eigenvalue weighted by Gasteiger charge is -2.20. The van der Waals surface area contributed by atoms with Crippen molar-refractivity contribution >= 4 is 40.2 Å². The summed E-state index contributed by atoms with van der Waals surface area (Å²) < 4.78 is 6.55. The van der Waals surface area contributed by atoms with Crippen LogP contribution in [0, 0.1) is 0 Å². The van der Waals surface area contributed by atoms with Gasteiger partial charge < -0.3 is 4.74 Å². The number of ether oxygens (including phenoxy) is 1. The Morgan fingerprint density at radius 1 is 1.42 bits per heavy atom. The van der Waals surface area contributed by atoms with E-state index in [2.05, 4.69) is 4.98 Å². The summed E-state index contributed by atoms with van der Waals surface area (Å²) in [5, 5.41) is 1.21.